The number of carbonyl (C=O) groups excluding carboxylic acids is 1. The highest BCUT2D eigenvalue weighted by Gasteiger charge is 2.72. The van der Waals surface area contributed by atoms with Crippen molar-refractivity contribution in [1.29, 1.82) is 0 Å². The van der Waals surface area contributed by atoms with Gasteiger partial charge in [-0.2, -0.15) is 0 Å². The van der Waals surface area contributed by atoms with Crippen molar-refractivity contribution in [2.24, 2.45) is 45.8 Å². The molecule has 8 heteroatoms. The maximum atomic E-state index is 12.9. The summed E-state index contributed by atoms with van der Waals surface area (Å²) in [5.41, 5.74) is -2.79. The van der Waals surface area contributed by atoms with E-state index in [1.807, 2.05) is 6.92 Å². The standard InChI is InChI=1S/C26H33ClO7/c1-12(28)25(10-18(29)30)7-5-13-20-14(4-6-23(13,25)2)24(3)15-8-16(15)26(34,11-19(31)32)9-17(24)21(27)22(20)33/h9,13-16,20,33-34H,4-8,10-11H2,1-3H3,(H,29,30)(H,31,32)/t13-,14+,15?,16?,20-,23-,24+,25-,26?/m0/s1. The first-order valence-electron chi connectivity index (χ1n) is 12.2. The average Bonchev–Trinajstić information content (AvgIpc) is 3.49. The SMILES string of the molecule is CC(=O)[C@@]1(CC(=O)O)CC[C@H]2[C@@H]3C(O)=C(Cl)C4=CC(O)(CC(=O)O)C5CC5[C@@]4(C)[C@@H]3CC[C@@]21C. The quantitative estimate of drug-likeness (QED) is 0.450. The highest BCUT2D eigenvalue weighted by atomic mass is 35.5. The van der Waals surface area contributed by atoms with Crippen LogP contribution in [-0.2, 0) is 14.4 Å². The van der Waals surface area contributed by atoms with Crippen molar-refractivity contribution in [3.63, 3.8) is 0 Å². The molecule has 186 valence electrons. The van der Waals surface area contributed by atoms with Crippen molar-refractivity contribution in [2.45, 2.75) is 71.3 Å². The highest BCUT2D eigenvalue weighted by molar-refractivity contribution is 6.32. The maximum Gasteiger partial charge on any atom is 0.306 e. The molecule has 0 amide bonds. The number of ketones is 1. The van der Waals surface area contributed by atoms with Crippen LogP contribution in [0.4, 0.5) is 0 Å². The normalized spacial score (nSPS) is 48.7. The van der Waals surface area contributed by atoms with Gasteiger partial charge in [0.05, 0.1) is 23.5 Å². The van der Waals surface area contributed by atoms with Crippen LogP contribution in [0.2, 0.25) is 0 Å². The average molecular weight is 493 g/mol. The third kappa shape index (κ3) is 2.77. The van der Waals surface area contributed by atoms with E-state index in [2.05, 4.69) is 6.92 Å². The predicted molar refractivity (Wildman–Crippen MR) is 123 cm³/mol. The molecule has 0 aromatic carbocycles. The zero-order valence-corrected chi connectivity index (χ0v) is 20.6. The van der Waals surface area contributed by atoms with E-state index < -0.39 is 40.2 Å². The van der Waals surface area contributed by atoms with E-state index in [0.717, 1.165) is 0 Å². The van der Waals surface area contributed by atoms with Gasteiger partial charge >= 0.3 is 11.9 Å². The molecule has 0 spiro atoms. The first kappa shape index (κ1) is 23.9. The molecule has 0 bridgehead atoms. The van der Waals surface area contributed by atoms with Gasteiger partial charge < -0.3 is 20.4 Å². The Labute approximate surface area is 203 Å². The number of carboxylic acids is 2. The molecule has 0 aromatic rings. The molecule has 3 saturated carbocycles. The first-order valence-corrected chi connectivity index (χ1v) is 12.6. The predicted octanol–water partition coefficient (Wildman–Crippen LogP) is 4.29. The van der Waals surface area contributed by atoms with E-state index in [0.29, 0.717) is 37.7 Å². The zero-order chi connectivity index (χ0) is 25.0. The Morgan fingerprint density at radius 2 is 1.62 bits per heavy atom. The molecular formula is C26H33ClO7. The van der Waals surface area contributed by atoms with Gasteiger partial charge in [0, 0.05) is 16.7 Å². The lowest BCUT2D eigenvalue weighted by molar-refractivity contribution is -0.154. The van der Waals surface area contributed by atoms with Crippen LogP contribution in [0.1, 0.15) is 65.7 Å². The van der Waals surface area contributed by atoms with Gasteiger partial charge in [0.1, 0.15) is 11.5 Å². The zero-order valence-electron chi connectivity index (χ0n) is 19.8. The highest BCUT2D eigenvalue weighted by Crippen LogP contribution is 2.76. The van der Waals surface area contributed by atoms with E-state index in [9.17, 15) is 34.8 Å². The molecule has 0 heterocycles. The monoisotopic (exact) mass is 492 g/mol. The van der Waals surface area contributed by atoms with Gasteiger partial charge in [-0.1, -0.05) is 25.4 Å². The summed E-state index contributed by atoms with van der Waals surface area (Å²) in [6.45, 7) is 5.64. The van der Waals surface area contributed by atoms with Gasteiger partial charge in [-0.15, -0.1) is 0 Å². The summed E-state index contributed by atoms with van der Waals surface area (Å²) in [6.07, 6.45) is 4.19. The lowest BCUT2D eigenvalue weighted by atomic mass is 9.45. The molecule has 3 fully saturated rings. The van der Waals surface area contributed by atoms with Crippen molar-refractivity contribution in [2.75, 3.05) is 0 Å². The number of hydrogen-bond donors (Lipinski definition) is 4. The molecule has 7 nitrogen and oxygen atoms in total. The van der Waals surface area contributed by atoms with Crippen molar-refractivity contribution in [3.8, 4) is 0 Å². The molecule has 0 saturated heterocycles. The van der Waals surface area contributed by atoms with Gasteiger partial charge in [-0.25, -0.2) is 0 Å². The second-order valence-corrected chi connectivity index (χ2v) is 12.4. The molecule has 5 rings (SSSR count). The summed E-state index contributed by atoms with van der Waals surface area (Å²) in [6, 6.07) is 0. The number of Topliss-reactive ketones (excluding diaryl/α,β-unsaturated/α-hetero) is 1. The Bertz CT molecular complexity index is 1060. The number of hydrogen-bond acceptors (Lipinski definition) is 5. The van der Waals surface area contributed by atoms with Gasteiger partial charge in [0.2, 0.25) is 0 Å². The van der Waals surface area contributed by atoms with Crippen LogP contribution in [0.3, 0.4) is 0 Å². The minimum atomic E-state index is -1.49. The van der Waals surface area contributed by atoms with Crippen molar-refractivity contribution in [3.05, 3.63) is 22.4 Å². The van der Waals surface area contributed by atoms with Crippen LogP contribution in [0, 0.1) is 45.8 Å². The van der Waals surface area contributed by atoms with Crippen molar-refractivity contribution < 1.29 is 34.8 Å². The van der Waals surface area contributed by atoms with E-state index in [-0.39, 0.29) is 52.6 Å². The third-order valence-electron chi connectivity index (χ3n) is 10.9. The molecule has 3 unspecified atom stereocenters. The molecule has 4 N–H and O–H groups in total. The Morgan fingerprint density at radius 1 is 1.00 bits per heavy atom. The van der Waals surface area contributed by atoms with E-state index >= 15 is 0 Å². The summed E-state index contributed by atoms with van der Waals surface area (Å²) < 4.78 is 0. The molecule has 5 aliphatic carbocycles. The Morgan fingerprint density at radius 3 is 2.21 bits per heavy atom. The molecular weight excluding hydrogens is 460 g/mol. The molecule has 0 aromatic heterocycles. The van der Waals surface area contributed by atoms with Crippen LogP contribution >= 0.6 is 11.6 Å². The lowest BCUT2D eigenvalue weighted by Gasteiger charge is -2.59. The largest absolute Gasteiger partial charge is 0.510 e. The summed E-state index contributed by atoms with van der Waals surface area (Å²) in [4.78, 5) is 36.2. The van der Waals surface area contributed by atoms with Crippen molar-refractivity contribution in [1.82, 2.24) is 0 Å². The number of aliphatic carboxylic acids is 2. The number of allylic oxidation sites excluding steroid dienone is 3. The van der Waals surface area contributed by atoms with E-state index in [4.69, 9.17) is 11.6 Å². The summed E-state index contributed by atoms with van der Waals surface area (Å²) >= 11 is 6.79. The van der Waals surface area contributed by atoms with Crippen LogP contribution in [0.5, 0.6) is 0 Å². The number of carboxylic acid groups (broad SMARTS) is 2. The Hall–Kier alpha value is -1.86. The smallest absolute Gasteiger partial charge is 0.306 e. The van der Waals surface area contributed by atoms with Crippen LogP contribution < -0.4 is 0 Å². The van der Waals surface area contributed by atoms with Crippen LogP contribution in [0.25, 0.3) is 0 Å². The number of aliphatic hydroxyl groups excluding tert-OH is 1. The summed E-state index contributed by atoms with van der Waals surface area (Å²) in [7, 11) is 0. The van der Waals surface area contributed by atoms with Crippen LogP contribution in [0.15, 0.2) is 22.4 Å². The Kier molecular flexibility index (Phi) is 4.98. The van der Waals surface area contributed by atoms with Gasteiger partial charge in [0.15, 0.2) is 0 Å². The number of rotatable bonds is 5. The topological polar surface area (TPSA) is 132 Å². The second-order valence-electron chi connectivity index (χ2n) is 12.0. The fourth-order valence-electron chi connectivity index (χ4n) is 9.19. The molecule has 34 heavy (non-hydrogen) atoms. The molecule has 0 aliphatic heterocycles. The van der Waals surface area contributed by atoms with Gasteiger partial charge in [0.25, 0.3) is 0 Å². The fraction of sp³-hybridized carbons (Fsp3) is 0.731. The first-order chi connectivity index (χ1) is 15.7. The number of aliphatic hydroxyl groups is 2. The summed E-state index contributed by atoms with van der Waals surface area (Å²) in [5, 5.41) is 41.8. The number of halogens is 1. The number of carbonyl (C=O) groups is 3. The fourth-order valence-corrected chi connectivity index (χ4v) is 9.57. The molecule has 5 aliphatic rings. The minimum absolute atomic E-state index is 0.0243. The number of fused-ring (bicyclic) bond motifs is 7. The molecule has 9 atom stereocenters. The van der Waals surface area contributed by atoms with E-state index in [1.54, 1.807) is 6.08 Å². The third-order valence-corrected chi connectivity index (χ3v) is 11.3. The van der Waals surface area contributed by atoms with Crippen LogP contribution in [-0.4, -0.2) is 43.7 Å². The van der Waals surface area contributed by atoms with Gasteiger partial charge in [-0.05, 0) is 79.8 Å². The minimum Gasteiger partial charge on any atom is -0.510 e. The lowest BCUT2D eigenvalue weighted by Crippen LogP contribution is -2.56. The Balaban J connectivity index is 1.62. The summed E-state index contributed by atoms with van der Waals surface area (Å²) in [5.74, 6) is -2.58. The van der Waals surface area contributed by atoms with Crippen molar-refractivity contribution >= 4 is 29.3 Å². The van der Waals surface area contributed by atoms with E-state index in [1.165, 1.54) is 6.92 Å². The molecule has 0 radical (unpaired) electrons. The van der Waals surface area contributed by atoms with Gasteiger partial charge in [-0.3, -0.25) is 14.4 Å². The maximum absolute atomic E-state index is 12.9. The second kappa shape index (κ2) is 7.10.